The average molecular weight is 252 g/mol. The van der Waals surface area contributed by atoms with Crippen LogP contribution in [0.2, 0.25) is 0 Å². The molecule has 1 saturated heterocycles. The number of aliphatic hydroxyl groups is 1. The van der Waals surface area contributed by atoms with Gasteiger partial charge in [0.2, 0.25) is 0 Å². The maximum atomic E-state index is 10.2. The van der Waals surface area contributed by atoms with E-state index in [2.05, 4.69) is 0 Å². The Morgan fingerprint density at radius 2 is 2.11 bits per heavy atom. The quantitative estimate of drug-likeness (QED) is 0.783. The van der Waals surface area contributed by atoms with Gasteiger partial charge in [0.15, 0.2) is 0 Å². The normalized spacial score (nSPS) is 40.5. The molecule has 104 valence electrons. The second-order valence-electron chi connectivity index (χ2n) is 6.89. The Labute approximate surface area is 111 Å². The van der Waals surface area contributed by atoms with Gasteiger partial charge in [-0.05, 0) is 75.5 Å². The molecule has 2 saturated carbocycles. The van der Waals surface area contributed by atoms with Crippen LogP contribution in [0.1, 0.15) is 64.2 Å². The van der Waals surface area contributed by atoms with Crippen molar-refractivity contribution in [2.75, 3.05) is 6.61 Å². The summed E-state index contributed by atoms with van der Waals surface area (Å²) < 4.78 is 5.63. The molecular weight excluding hydrogens is 224 g/mol. The zero-order valence-corrected chi connectivity index (χ0v) is 11.5. The molecule has 2 aliphatic carbocycles. The van der Waals surface area contributed by atoms with Crippen LogP contribution >= 0.6 is 0 Å². The van der Waals surface area contributed by atoms with Gasteiger partial charge >= 0.3 is 0 Å². The molecule has 0 radical (unpaired) electrons. The largest absolute Gasteiger partial charge is 0.393 e. The van der Waals surface area contributed by atoms with Crippen LogP contribution in [0.25, 0.3) is 0 Å². The van der Waals surface area contributed by atoms with Gasteiger partial charge in [-0.2, -0.15) is 0 Å². The lowest BCUT2D eigenvalue weighted by atomic mass is 9.84. The highest BCUT2D eigenvalue weighted by Gasteiger charge is 2.39. The molecule has 18 heavy (non-hydrogen) atoms. The Morgan fingerprint density at radius 3 is 2.78 bits per heavy atom. The Hall–Kier alpha value is -0.0800. The van der Waals surface area contributed by atoms with Crippen LogP contribution < -0.4 is 0 Å². The van der Waals surface area contributed by atoms with Crippen LogP contribution in [0.5, 0.6) is 0 Å². The number of hydrogen-bond donors (Lipinski definition) is 1. The SMILES string of the molecule is OC(CCCC1CCCO1)CC1CC2CCC1C2. The van der Waals surface area contributed by atoms with Gasteiger partial charge in [-0.15, -0.1) is 0 Å². The van der Waals surface area contributed by atoms with Crippen LogP contribution in [0.4, 0.5) is 0 Å². The fraction of sp³-hybridized carbons (Fsp3) is 1.00. The molecular formula is C16H28O2. The van der Waals surface area contributed by atoms with E-state index in [1.54, 1.807) is 0 Å². The first-order valence-corrected chi connectivity index (χ1v) is 8.11. The van der Waals surface area contributed by atoms with Crippen LogP contribution in [-0.2, 0) is 4.74 Å². The molecule has 0 amide bonds. The lowest BCUT2D eigenvalue weighted by Gasteiger charge is -2.24. The van der Waals surface area contributed by atoms with Crippen LogP contribution in [0, 0.1) is 17.8 Å². The van der Waals surface area contributed by atoms with E-state index in [1.165, 1.54) is 38.5 Å². The molecule has 1 heterocycles. The van der Waals surface area contributed by atoms with E-state index in [4.69, 9.17) is 4.74 Å². The number of ether oxygens (including phenoxy) is 1. The van der Waals surface area contributed by atoms with E-state index in [0.717, 1.165) is 50.0 Å². The summed E-state index contributed by atoms with van der Waals surface area (Å²) in [5.41, 5.74) is 0. The standard InChI is InChI=1S/C16H28O2/c17-15(3-1-4-16-5-2-8-18-16)11-14-10-12-6-7-13(14)9-12/h12-17H,1-11H2. The van der Waals surface area contributed by atoms with E-state index in [1.807, 2.05) is 0 Å². The first-order valence-electron chi connectivity index (χ1n) is 8.11. The Morgan fingerprint density at radius 1 is 1.17 bits per heavy atom. The summed E-state index contributed by atoms with van der Waals surface area (Å²) in [5.74, 6) is 2.82. The van der Waals surface area contributed by atoms with E-state index in [-0.39, 0.29) is 6.10 Å². The van der Waals surface area contributed by atoms with E-state index < -0.39 is 0 Å². The predicted octanol–water partition coefficient (Wildman–Crippen LogP) is 3.52. The topological polar surface area (TPSA) is 29.5 Å². The number of aliphatic hydroxyl groups excluding tert-OH is 1. The van der Waals surface area contributed by atoms with Crippen molar-refractivity contribution in [2.24, 2.45) is 17.8 Å². The van der Waals surface area contributed by atoms with Crippen LogP contribution in [0.15, 0.2) is 0 Å². The summed E-state index contributed by atoms with van der Waals surface area (Å²) in [5, 5.41) is 10.2. The predicted molar refractivity (Wildman–Crippen MR) is 72.4 cm³/mol. The summed E-state index contributed by atoms with van der Waals surface area (Å²) in [4.78, 5) is 0. The summed E-state index contributed by atoms with van der Waals surface area (Å²) in [6.07, 6.45) is 13.1. The van der Waals surface area contributed by atoms with E-state index in [9.17, 15) is 5.11 Å². The first kappa shape index (κ1) is 12.9. The fourth-order valence-electron chi connectivity index (χ4n) is 4.59. The van der Waals surface area contributed by atoms with Crippen LogP contribution in [0.3, 0.4) is 0 Å². The third kappa shape index (κ3) is 3.08. The lowest BCUT2D eigenvalue weighted by Crippen LogP contribution is -2.19. The third-order valence-corrected chi connectivity index (χ3v) is 5.55. The van der Waals surface area contributed by atoms with Gasteiger partial charge in [-0.3, -0.25) is 0 Å². The van der Waals surface area contributed by atoms with Gasteiger partial charge in [0.05, 0.1) is 12.2 Å². The van der Waals surface area contributed by atoms with Crippen LogP contribution in [-0.4, -0.2) is 23.9 Å². The van der Waals surface area contributed by atoms with Gasteiger partial charge in [0.25, 0.3) is 0 Å². The van der Waals surface area contributed by atoms with Gasteiger partial charge in [-0.1, -0.05) is 6.42 Å². The Kier molecular flexibility index (Phi) is 4.25. The minimum atomic E-state index is -0.0456. The minimum Gasteiger partial charge on any atom is -0.393 e. The highest BCUT2D eigenvalue weighted by molar-refractivity contribution is 4.90. The Bertz CT molecular complexity index is 260. The van der Waals surface area contributed by atoms with Crippen molar-refractivity contribution in [3.8, 4) is 0 Å². The van der Waals surface area contributed by atoms with Gasteiger partial charge in [0, 0.05) is 6.61 Å². The number of fused-ring (bicyclic) bond motifs is 2. The molecule has 2 nitrogen and oxygen atoms in total. The summed E-state index contributed by atoms with van der Waals surface area (Å²) in [6.45, 7) is 0.957. The molecule has 2 heteroatoms. The molecule has 0 aromatic heterocycles. The molecule has 5 atom stereocenters. The molecule has 0 aromatic rings. The first-order chi connectivity index (χ1) is 8.81. The Balaban J connectivity index is 1.31. The smallest absolute Gasteiger partial charge is 0.0576 e. The van der Waals surface area contributed by atoms with Crippen molar-refractivity contribution in [1.29, 1.82) is 0 Å². The van der Waals surface area contributed by atoms with Crippen molar-refractivity contribution in [3.63, 3.8) is 0 Å². The number of hydrogen-bond acceptors (Lipinski definition) is 2. The fourth-order valence-corrected chi connectivity index (χ4v) is 4.59. The second kappa shape index (κ2) is 5.92. The maximum Gasteiger partial charge on any atom is 0.0576 e. The minimum absolute atomic E-state index is 0.0456. The summed E-state index contributed by atoms with van der Waals surface area (Å²) in [7, 11) is 0. The second-order valence-corrected chi connectivity index (χ2v) is 6.89. The van der Waals surface area contributed by atoms with Gasteiger partial charge in [-0.25, -0.2) is 0 Å². The molecule has 5 unspecified atom stereocenters. The van der Waals surface area contributed by atoms with Crippen molar-refractivity contribution in [2.45, 2.75) is 76.4 Å². The highest BCUT2D eigenvalue weighted by atomic mass is 16.5. The molecule has 3 aliphatic rings. The van der Waals surface area contributed by atoms with Crippen molar-refractivity contribution < 1.29 is 9.84 Å². The molecule has 3 fully saturated rings. The van der Waals surface area contributed by atoms with Gasteiger partial charge in [0.1, 0.15) is 0 Å². The third-order valence-electron chi connectivity index (χ3n) is 5.55. The van der Waals surface area contributed by atoms with Crippen molar-refractivity contribution in [1.82, 2.24) is 0 Å². The van der Waals surface area contributed by atoms with Gasteiger partial charge < -0.3 is 9.84 Å². The average Bonchev–Trinajstić information content (AvgIpc) is 3.04. The number of rotatable bonds is 6. The molecule has 2 bridgehead atoms. The van der Waals surface area contributed by atoms with E-state index >= 15 is 0 Å². The van der Waals surface area contributed by atoms with Crippen molar-refractivity contribution in [3.05, 3.63) is 0 Å². The zero-order valence-electron chi connectivity index (χ0n) is 11.5. The van der Waals surface area contributed by atoms with E-state index in [0.29, 0.717) is 6.10 Å². The zero-order chi connectivity index (χ0) is 12.4. The highest BCUT2D eigenvalue weighted by Crippen LogP contribution is 2.50. The molecule has 1 N–H and O–H groups in total. The summed E-state index contributed by atoms with van der Waals surface area (Å²) in [6, 6.07) is 0. The summed E-state index contributed by atoms with van der Waals surface area (Å²) >= 11 is 0. The monoisotopic (exact) mass is 252 g/mol. The lowest BCUT2D eigenvalue weighted by molar-refractivity contribution is 0.0859. The molecule has 0 aromatic carbocycles. The molecule has 3 rings (SSSR count). The maximum absolute atomic E-state index is 10.2. The molecule has 0 spiro atoms. The molecule has 1 aliphatic heterocycles. The van der Waals surface area contributed by atoms with Crippen molar-refractivity contribution >= 4 is 0 Å².